The van der Waals surface area contributed by atoms with Gasteiger partial charge in [-0.2, -0.15) is 15.4 Å². The van der Waals surface area contributed by atoms with E-state index < -0.39 is 0 Å². The Labute approximate surface area is 148 Å². The molecule has 0 fully saturated rings. The van der Waals surface area contributed by atoms with Gasteiger partial charge in [-0.1, -0.05) is 31.9 Å². The standard InChI is InChI=1S/C19H26N4O2/c1-3-4-5-16(13-6-9-15(25-2)10-7-13)20-19(24)14-8-11-17-18(12-14)22-23-21-17/h6-7,9-10,14,16H,3-5,8,11-12H2,1-2H3,(H,20,24)(H,21,22,23)/t14-,16+/m0/s1. The van der Waals surface area contributed by atoms with Gasteiger partial charge < -0.3 is 10.1 Å². The number of nitrogens with zero attached hydrogens (tertiary/aromatic N) is 2. The van der Waals surface area contributed by atoms with Crippen molar-refractivity contribution in [2.24, 2.45) is 5.92 Å². The van der Waals surface area contributed by atoms with Crippen LogP contribution in [0, 0.1) is 5.92 Å². The Bertz CT molecular complexity index is 696. The Morgan fingerprint density at radius 3 is 2.80 bits per heavy atom. The van der Waals surface area contributed by atoms with Gasteiger partial charge >= 0.3 is 0 Å². The molecule has 0 unspecified atom stereocenters. The highest BCUT2D eigenvalue weighted by Crippen LogP contribution is 2.26. The van der Waals surface area contributed by atoms with E-state index in [1.54, 1.807) is 7.11 Å². The summed E-state index contributed by atoms with van der Waals surface area (Å²) in [5.74, 6) is 0.917. The first-order valence-corrected chi connectivity index (χ1v) is 9.04. The van der Waals surface area contributed by atoms with Crippen molar-refractivity contribution in [3.8, 4) is 5.75 Å². The van der Waals surface area contributed by atoms with Crippen molar-refractivity contribution in [1.82, 2.24) is 20.7 Å². The number of fused-ring (bicyclic) bond motifs is 1. The topological polar surface area (TPSA) is 79.9 Å². The third-order valence-electron chi connectivity index (χ3n) is 4.92. The first-order valence-electron chi connectivity index (χ1n) is 9.04. The number of aromatic amines is 1. The number of benzene rings is 1. The smallest absolute Gasteiger partial charge is 0.223 e. The van der Waals surface area contributed by atoms with Crippen LogP contribution in [0.4, 0.5) is 0 Å². The Hall–Kier alpha value is -2.37. The van der Waals surface area contributed by atoms with Crippen LogP contribution in [0.3, 0.4) is 0 Å². The van der Waals surface area contributed by atoms with Gasteiger partial charge in [-0.15, -0.1) is 0 Å². The summed E-state index contributed by atoms with van der Waals surface area (Å²) >= 11 is 0. The van der Waals surface area contributed by atoms with Crippen molar-refractivity contribution in [3.05, 3.63) is 41.2 Å². The van der Waals surface area contributed by atoms with E-state index in [-0.39, 0.29) is 17.9 Å². The SMILES string of the molecule is CCCC[C@@H](NC(=O)[C@H]1CCc2n[nH]nc2C1)c1ccc(OC)cc1. The zero-order chi connectivity index (χ0) is 17.6. The second kappa shape index (κ2) is 8.14. The quantitative estimate of drug-likeness (QED) is 0.811. The van der Waals surface area contributed by atoms with Crippen molar-refractivity contribution in [3.63, 3.8) is 0 Å². The summed E-state index contributed by atoms with van der Waals surface area (Å²) in [6.07, 6.45) is 5.43. The molecule has 1 amide bonds. The van der Waals surface area contributed by atoms with E-state index in [9.17, 15) is 4.79 Å². The predicted molar refractivity (Wildman–Crippen MR) is 95.3 cm³/mol. The molecule has 2 atom stereocenters. The molecule has 6 nitrogen and oxygen atoms in total. The second-order valence-corrected chi connectivity index (χ2v) is 6.63. The van der Waals surface area contributed by atoms with Crippen LogP contribution < -0.4 is 10.1 Å². The molecule has 1 heterocycles. The highest BCUT2D eigenvalue weighted by Gasteiger charge is 2.28. The number of unbranched alkanes of at least 4 members (excludes halogenated alkanes) is 1. The number of H-pyrrole nitrogens is 1. The van der Waals surface area contributed by atoms with Gasteiger partial charge in [-0.05, 0) is 37.0 Å². The van der Waals surface area contributed by atoms with Crippen molar-refractivity contribution in [2.45, 2.75) is 51.5 Å². The number of methoxy groups -OCH3 is 1. The molecule has 1 aliphatic carbocycles. The summed E-state index contributed by atoms with van der Waals surface area (Å²) in [4.78, 5) is 12.8. The van der Waals surface area contributed by atoms with Gasteiger partial charge in [0.1, 0.15) is 5.75 Å². The van der Waals surface area contributed by atoms with Crippen LogP contribution in [0.1, 0.15) is 55.6 Å². The van der Waals surface area contributed by atoms with Gasteiger partial charge in [0.15, 0.2) is 0 Å². The molecule has 134 valence electrons. The van der Waals surface area contributed by atoms with Crippen LogP contribution in [0.2, 0.25) is 0 Å². The zero-order valence-electron chi connectivity index (χ0n) is 14.9. The first kappa shape index (κ1) is 17.5. The Morgan fingerprint density at radius 1 is 1.32 bits per heavy atom. The minimum Gasteiger partial charge on any atom is -0.497 e. The van der Waals surface area contributed by atoms with E-state index >= 15 is 0 Å². The van der Waals surface area contributed by atoms with Crippen LogP contribution in [-0.4, -0.2) is 28.4 Å². The Kier molecular flexibility index (Phi) is 5.68. The molecule has 1 aromatic carbocycles. The normalized spacial score (nSPS) is 17.6. The number of carbonyl (C=O) groups is 1. The molecule has 2 aromatic rings. The summed E-state index contributed by atoms with van der Waals surface area (Å²) < 4.78 is 5.23. The highest BCUT2D eigenvalue weighted by atomic mass is 16.5. The average Bonchev–Trinajstić information content (AvgIpc) is 3.12. The molecule has 25 heavy (non-hydrogen) atoms. The van der Waals surface area contributed by atoms with E-state index in [1.165, 1.54) is 0 Å². The van der Waals surface area contributed by atoms with E-state index in [1.807, 2.05) is 24.3 Å². The molecular formula is C19H26N4O2. The number of rotatable bonds is 7. The fourth-order valence-corrected chi connectivity index (χ4v) is 3.36. The van der Waals surface area contributed by atoms with E-state index in [4.69, 9.17) is 4.74 Å². The summed E-state index contributed by atoms with van der Waals surface area (Å²) in [6, 6.07) is 8.01. The third-order valence-corrected chi connectivity index (χ3v) is 4.92. The minimum atomic E-state index is -0.0278. The number of hydrogen-bond acceptors (Lipinski definition) is 4. The average molecular weight is 342 g/mol. The first-order chi connectivity index (χ1) is 12.2. The lowest BCUT2D eigenvalue weighted by molar-refractivity contribution is -0.126. The lowest BCUT2D eigenvalue weighted by Gasteiger charge is -2.25. The molecule has 0 saturated heterocycles. The maximum Gasteiger partial charge on any atom is 0.223 e. The van der Waals surface area contributed by atoms with Gasteiger partial charge in [0.25, 0.3) is 0 Å². The van der Waals surface area contributed by atoms with E-state index in [0.29, 0.717) is 6.42 Å². The van der Waals surface area contributed by atoms with Crippen LogP contribution in [-0.2, 0) is 17.6 Å². The van der Waals surface area contributed by atoms with Crippen LogP contribution in [0.5, 0.6) is 5.75 Å². The fraction of sp³-hybridized carbons (Fsp3) is 0.526. The van der Waals surface area contributed by atoms with Crippen molar-refractivity contribution >= 4 is 5.91 Å². The maximum atomic E-state index is 12.8. The van der Waals surface area contributed by atoms with Crippen LogP contribution in [0.15, 0.2) is 24.3 Å². The monoisotopic (exact) mass is 342 g/mol. The molecule has 0 saturated carbocycles. The predicted octanol–water partition coefficient (Wildman–Crippen LogP) is 2.97. The van der Waals surface area contributed by atoms with Gasteiger partial charge in [0, 0.05) is 12.3 Å². The largest absolute Gasteiger partial charge is 0.497 e. The molecule has 0 aliphatic heterocycles. The number of hydrogen-bond donors (Lipinski definition) is 2. The van der Waals surface area contributed by atoms with Crippen molar-refractivity contribution in [2.75, 3.05) is 7.11 Å². The van der Waals surface area contributed by atoms with Crippen LogP contribution in [0.25, 0.3) is 0 Å². The highest BCUT2D eigenvalue weighted by molar-refractivity contribution is 5.79. The molecule has 2 N–H and O–H groups in total. The second-order valence-electron chi connectivity index (χ2n) is 6.63. The molecule has 6 heteroatoms. The third kappa shape index (κ3) is 4.18. The molecular weight excluding hydrogens is 316 g/mol. The Balaban J connectivity index is 1.68. The molecule has 0 bridgehead atoms. The molecule has 1 aromatic heterocycles. The molecule has 1 aliphatic rings. The summed E-state index contributed by atoms with van der Waals surface area (Å²) in [5, 5.41) is 14.2. The number of amides is 1. The zero-order valence-corrected chi connectivity index (χ0v) is 14.9. The number of nitrogens with one attached hydrogen (secondary N) is 2. The number of ether oxygens (including phenoxy) is 1. The van der Waals surface area contributed by atoms with Gasteiger partial charge in [-0.3, -0.25) is 4.79 Å². The Morgan fingerprint density at radius 2 is 2.08 bits per heavy atom. The lowest BCUT2D eigenvalue weighted by Crippen LogP contribution is -2.36. The summed E-state index contributed by atoms with van der Waals surface area (Å²) in [7, 11) is 1.66. The minimum absolute atomic E-state index is 0.0278. The molecule has 0 spiro atoms. The van der Waals surface area contributed by atoms with Crippen molar-refractivity contribution < 1.29 is 9.53 Å². The number of aromatic nitrogens is 3. The summed E-state index contributed by atoms with van der Waals surface area (Å²) in [6.45, 7) is 2.17. The van der Waals surface area contributed by atoms with Gasteiger partial charge in [-0.25, -0.2) is 0 Å². The van der Waals surface area contributed by atoms with E-state index in [2.05, 4.69) is 27.7 Å². The van der Waals surface area contributed by atoms with Gasteiger partial charge in [0.05, 0.1) is 24.5 Å². The lowest BCUT2D eigenvalue weighted by atomic mass is 9.88. The van der Waals surface area contributed by atoms with Crippen LogP contribution >= 0.6 is 0 Å². The molecule has 0 radical (unpaired) electrons. The molecule has 3 rings (SSSR count). The fourth-order valence-electron chi connectivity index (χ4n) is 3.36. The maximum absolute atomic E-state index is 12.8. The van der Waals surface area contributed by atoms with Crippen molar-refractivity contribution in [1.29, 1.82) is 0 Å². The van der Waals surface area contributed by atoms with Gasteiger partial charge in [0.2, 0.25) is 5.91 Å². The number of carbonyl (C=O) groups excluding carboxylic acids is 1. The van der Waals surface area contributed by atoms with E-state index in [0.717, 1.165) is 54.8 Å². The summed E-state index contributed by atoms with van der Waals surface area (Å²) in [5.41, 5.74) is 3.06. The number of aryl methyl sites for hydroxylation is 1.